The molecule has 0 nitrogen and oxygen atoms in total. The van der Waals surface area contributed by atoms with Gasteiger partial charge in [0, 0.05) is 0 Å². The van der Waals surface area contributed by atoms with E-state index in [1.807, 2.05) is 0 Å². The van der Waals surface area contributed by atoms with E-state index in [1.165, 1.54) is 211 Å². The van der Waals surface area contributed by atoms with E-state index in [1.54, 1.807) is 0 Å². The Kier molecular flexibility index (Phi) is 19.3. The third kappa shape index (κ3) is 15.5. The Labute approximate surface area is 606 Å². The van der Waals surface area contributed by atoms with Gasteiger partial charge in [-0.15, -0.1) is 0 Å². The summed E-state index contributed by atoms with van der Waals surface area (Å²) in [5.74, 6) is 0. The van der Waals surface area contributed by atoms with Crippen molar-refractivity contribution in [3.63, 3.8) is 0 Å². The van der Waals surface area contributed by atoms with Crippen molar-refractivity contribution in [2.24, 2.45) is 0 Å². The smallest absolute Gasteiger partial charge is 0.0171 e. The van der Waals surface area contributed by atoms with Gasteiger partial charge in [0.25, 0.3) is 0 Å². The minimum Gasteiger partial charge on any atom is -0.0587 e. The standard InChI is InChI=1S/C55H48.C47H40/c1-35-8-16-42(17-9-35)47-26-48(43-18-10-36(2)11-19-43)29-52(28-47)54-32-51(46-24-39(5)41(7)40(6)25-46)33-55(34-54)53-30-49(44-20-12-37(3)13-21-44)27-50(31-53)45-22-14-38(4)15-23-45;1-31-6-14-36(15-7-31)42-25-43(37-16-8-32(2)9-17-37)28-46(27-42)40-22-35(5)23-41(24-40)47-29-44(38-18-10-33(3)11-19-38)26-45(30-47)39-20-12-34(4)13-21-39/h8-34H,1-7H3;6-30H,1-5H3. The van der Waals surface area contributed by atoms with E-state index < -0.39 is 0 Å². The van der Waals surface area contributed by atoms with Crippen LogP contribution in [0.5, 0.6) is 0 Å². The molecule has 0 amide bonds. The van der Waals surface area contributed by atoms with Gasteiger partial charge in [-0.2, -0.15) is 0 Å². The van der Waals surface area contributed by atoms with Crippen LogP contribution in [0, 0.1) is 83.1 Å². The number of benzene rings is 15. The molecule has 0 aliphatic rings. The predicted octanol–water partition coefficient (Wildman–Crippen LogP) is 28.7. The second-order valence-electron chi connectivity index (χ2n) is 28.7. The van der Waals surface area contributed by atoms with Crippen molar-refractivity contribution in [1.29, 1.82) is 0 Å². The first-order valence-corrected chi connectivity index (χ1v) is 35.9. The zero-order valence-corrected chi connectivity index (χ0v) is 61.0. The van der Waals surface area contributed by atoms with E-state index in [0.717, 1.165) is 0 Å². The summed E-state index contributed by atoms with van der Waals surface area (Å²) in [6, 6.07) is 118. The average molecular weight is 1310 g/mol. The Balaban J connectivity index is 0.000000175. The Morgan fingerprint density at radius 1 is 0.0980 bits per heavy atom. The predicted molar refractivity (Wildman–Crippen MR) is 440 cm³/mol. The van der Waals surface area contributed by atoms with Gasteiger partial charge in [0.05, 0.1) is 0 Å². The summed E-state index contributed by atoms with van der Waals surface area (Å²) in [5.41, 5.74) is 47.0. The first-order chi connectivity index (χ1) is 49.3. The summed E-state index contributed by atoms with van der Waals surface area (Å²) in [7, 11) is 0. The number of aryl methyl sites for hydroxylation is 11. The molecule has 15 rings (SSSR count). The van der Waals surface area contributed by atoms with Crippen LogP contribution in [0.2, 0.25) is 0 Å². The lowest BCUT2D eigenvalue weighted by Crippen LogP contribution is -1.92. The van der Waals surface area contributed by atoms with Crippen molar-refractivity contribution in [1.82, 2.24) is 0 Å². The lowest BCUT2D eigenvalue weighted by Gasteiger charge is -2.17. The minimum absolute atomic E-state index is 1.20. The molecule has 0 fully saturated rings. The molecule has 0 heteroatoms. The lowest BCUT2D eigenvalue weighted by molar-refractivity contribution is 1.27. The van der Waals surface area contributed by atoms with Gasteiger partial charge < -0.3 is 0 Å². The van der Waals surface area contributed by atoms with E-state index >= 15 is 0 Å². The van der Waals surface area contributed by atoms with Crippen molar-refractivity contribution in [2.45, 2.75) is 83.1 Å². The van der Waals surface area contributed by atoms with Crippen LogP contribution in [0.3, 0.4) is 0 Å². The van der Waals surface area contributed by atoms with Gasteiger partial charge in [0.1, 0.15) is 0 Å². The van der Waals surface area contributed by atoms with Gasteiger partial charge in [-0.3, -0.25) is 0 Å². The fourth-order valence-electron chi connectivity index (χ4n) is 13.9. The summed E-state index contributed by atoms with van der Waals surface area (Å²) < 4.78 is 0. The van der Waals surface area contributed by atoms with Crippen LogP contribution in [0.4, 0.5) is 0 Å². The molecule has 15 aromatic rings. The highest BCUT2D eigenvalue weighted by molar-refractivity contribution is 5.91. The molecule has 0 saturated carbocycles. The molecule has 0 spiro atoms. The normalized spacial score (nSPS) is 11.1. The van der Waals surface area contributed by atoms with Gasteiger partial charge >= 0.3 is 0 Å². The van der Waals surface area contributed by atoms with Crippen molar-refractivity contribution >= 4 is 0 Å². The molecule has 0 heterocycles. The Bertz CT molecular complexity index is 4940. The zero-order chi connectivity index (χ0) is 70.7. The highest BCUT2D eigenvalue weighted by atomic mass is 14.2. The van der Waals surface area contributed by atoms with Gasteiger partial charge in [-0.1, -0.05) is 263 Å². The van der Waals surface area contributed by atoms with Crippen LogP contribution in [-0.4, -0.2) is 0 Å². The summed E-state index contributed by atoms with van der Waals surface area (Å²) in [4.78, 5) is 0. The van der Waals surface area contributed by atoms with Crippen LogP contribution >= 0.6 is 0 Å². The summed E-state index contributed by atoms with van der Waals surface area (Å²) in [5, 5.41) is 0. The van der Waals surface area contributed by atoms with Gasteiger partial charge in [0.15, 0.2) is 0 Å². The van der Waals surface area contributed by atoms with Gasteiger partial charge in [-0.05, 0) is 347 Å². The molecule has 15 aromatic carbocycles. The summed E-state index contributed by atoms with van der Waals surface area (Å²) in [6.45, 7) is 26.1. The number of hydrogen-bond acceptors (Lipinski definition) is 0. The molecule has 0 bridgehead atoms. The van der Waals surface area contributed by atoms with Crippen molar-refractivity contribution in [3.8, 4) is 145 Å². The maximum Gasteiger partial charge on any atom is -0.0171 e. The van der Waals surface area contributed by atoms with E-state index in [-0.39, 0.29) is 0 Å². The zero-order valence-electron chi connectivity index (χ0n) is 61.0. The van der Waals surface area contributed by atoms with E-state index in [2.05, 4.69) is 399 Å². The van der Waals surface area contributed by atoms with Crippen LogP contribution in [0.15, 0.2) is 315 Å². The molecule has 0 aromatic heterocycles. The molecule has 0 atom stereocenters. The van der Waals surface area contributed by atoms with Crippen molar-refractivity contribution in [3.05, 3.63) is 382 Å². The van der Waals surface area contributed by atoms with Gasteiger partial charge in [-0.25, -0.2) is 0 Å². The van der Waals surface area contributed by atoms with E-state index in [4.69, 9.17) is 0 Å². The molecule has 0 saturated heterocycles. The Hall–Kier alpha value is -11.7. The maximum atomic E-state index is 2.40. The summed E-state index contributed by atoms with van der Waals surface area (Å²) >= 11 is 0. The molecule has 496 valence electrons. The van der Waals surface area contributed by atoms with Crippen molar-refractivity contribution in [2.75, 3.05) is 0 Å². The first kappa shape index (κ1) is 67.5. The molecule has 0 N–H and O–H groups in total. The molecular formula is C102H88. The SMILES string of the molecule is Cc1ccc(-c2cc(-c3ccc(C)cc3)cc(-c3cc(-c4cc(-c5ccc(C)cc5)cc(-c5ccc(C)cc5)c4)cc(-c4cc(C)c(C)c(C)c4)c3)c2)cc1.Cc1ccc(-c2cc(-c3ccc(C)cc3)cc(-c3cc(C)cc(-c4cc(-c5ccc(C)cc5)cc(-c5ccc(C)cc5)c4)c3)c2)cc1. The largest absolute Gasteiger partial charge is 0.0587 e. The fraction of sp³-hybridized carbons (Fsp3) is 0.118. The molecule has 0 aliphatic heterocycles. The Morgan fingerprint density at radius 3 is 0.343 bits per heavy atom. The van der Waals surface area contributed by atoms with Crippen LogP contribution in [-0.2, 0) is 0 Å². The number of rotatable bonds is 13. The number of hydrogen-bond donors (Lipinski definition) is 0. The van der Waals surface area contributed by atoms with Crippen LogP contribution in [0.25, 0.3) is 145 Å². The molecule has 0 unspecified atom stereocenters. The van der Waals surface area contributed by atoms with E-state index in [0.29, 0.717) is 0 Å². The highest BCUT2D eigenvalue weighted by Crippen LogP contribution is 2.43. The third-order valence-corrected chi connectivity index (χ3v) is 20.4. The molecule has 0 aliphatic carbocycles. The van der Waals surface area contributed by atoms with E-state index in [9.17, 15) is 0 Å². The second-order valence-corrected chi connectivity index (χ2v) is 28.7. The summed E-state index contributed by atoms with van der Waals surface area (Å²) in [6.07, 6.45) is 0. The molecule has 0 radical (unpaired) electrons. The molecular weight excluding hydrogens is 1230 g/mol. The maximum absolute atomic E-state index is 2.40. The minimum atomic E-state index is 1.20. The quantitative estimate of drug-likeness (QED) is 0.108. The third-order valence-electron chi connectivity index (χ3n) is 20.4. The molecule has 102 heavy (non-hydrogen) atoms. The van der Waals surface area contributed by atoms with Crippen molar-refractivity contribution < 1.29 is 0 Å². The first-order valence-electron chi connectivity index (χ1n) is 35.9. The Morgan fingerprint density at radius 2 is 0.206 bits per heavy atom. The topological polar surface area (TPSA) is 0 Å². The van der Waals surface area contributed by atoms with Gasteiger partial charge in [0.2, 0.25) is 0 Å². The average Bonchev–Trinajstić information content (AvgIpc) is 0.788. The monoisotopic (exact) mass is 1310 g/mol. The van der Waals surface area contributed by atoms with Crippen LogP contribution < -0.4 is 0 Å². The second kappa shape index (κ2) is 29.2. The highest BCUT2D eigenvalue weighted by Gasteiger charge is 2.18. The fourth-order valence-corrected chi connectivity index (χ4v) is 13.9. The van der Waals surface area contributed by atoms with Crippen LogP contribution in [0.1, 0.15) is 66.8 Å². The lowest BCUT2D eigenvalue weighted by atomic mass is 9.87.